The maximum Gasteiger partial charge on any atom is 0.292 e. The second-order valence-corrected chi connectivity index (χ2v) is 4.98. The second-order valence-electron chi connectivity index (χ2n) is 4.98. The van der Waals surface area contributed by atoms with Crippen molar-refractivity contribution in [1.29, 1.82) is 0 Å². The van der Waals surface area contributed by atoms with Gasteiger partial charge in [-0.3, -0.25) is 10.1 Å². The zero-order valence-corrected chi connectivity index (χ0v) is 11.6. The number of aliphatic hydroxyl groups is 1. The number of ether oxygens (including phenoxy) is 1. The number of anilines is 1. The van der Waals surface area contributed by atoms with Gasteiger partial charge in [-0.1, -0.05) is 12.1 Å². The van der Waals surface area contributed by atoms with E-state index in [0.29, 0.717) is 6.61 Å². The van der Waals surface area contributed by atoms with Crippen LogP contribution in [0.25, 0.3) is 0 Å². The van der Waals surface area contributed by atoms with Crippen molar-refractivity contribution in [3.63, 3.8) is 0 Å². The van der Waals surface area contributed by atoms with E-state index in [1.165, 1.54) is 0 Å². The molecular formula is C14H20N2O4. The summed E-state index contributed by atoms with van der Waals surface area (Å²) in [7, 11) is 0. The van der Waals surface area contributed by atoms with Crippen LogP contribution in [0.4, 0.5) is 11.4 Å². The number of aliphatic hydroxyl groups excluding tert-OH is 1. The normalized spacial score (nSPS) is 16.4. The molecule has 0 amide bonds. The molecule has 1 saturated heterocycles. The zero-order chi connectivity index (χ0) is 14.5. The fourth-order valence-corrected chi connectivity index (χ4v) is 2.67. The Kier molecular flexibility index (Phi) is 4.92. The van der Waals surface area contributed by atoms with Crippen LogP contribution in [-0.2, 0) is 4.74 Å². The molecule has 1 aliphatic heterocycles. The molecule has 1 aromatic rings. The van der Waals surface area contributed by atoms with Gasteiger partial charge in [0.15, 0.2) is 0 Å². The minimum Gasteiger partial charge on any atom is -0.394 e. The third kappa shape index (κ3) is 3.26. The van der Waals surface area contributed by atoms with Crippen LogP contribution in [0.2, 0.25) is 0 Å². The molecule has 0 bridgehead atoms. The van der Waals surface area contributed by atoms with E-state index in [1.54, 1.807) is 12.1 Å². The topological polar surface area (TPSA) is 75.8 Å². The van der Waals surface area contributed by atoms with E-state index in [0.717, 1.165) is 37.2 Å². The molecule has 0 aromatic heterocycles. The van der Waals surface area contributed by atoms with Gasteiger partial charge in [0, 0.05) is 19.2 Å². The molecule has 6 heteroatoms. The summed E-state index contributed by atoms with van der Waals surface area (Å²) < 4.78 is 5.51. The monoisotopic (exact) mass is 280 g/mol. The molecule has 0 aliphatic carbocycles. The van der Waals surface area contributed by atoms with Gasteiger partial charge in [0.05, 0.1) is 24.2 Å². The van der Waals surface area contributed by atoms with Crippen LogP contribution in [0.3, 0.4) is 0 Å². The largest absolute Gasteiger partial charge is 0.394 e. The van der Waals surface area contributed by atoms with Gasteiger partial charge in [0.1, 0.15) is 5.69 Å². The Morgan fingerprint density at radius 1 is 1.45 bits per heavy atom. The summed E-state index contributed by atoms with van der Waals surface area (Å²) in [5.74, 6) is 0. The van der Waals surface area contributed by atoms with Crippen molar-refractivity contribution in [1.82, 2.24) is 0 Å². The standard InChI is InChI=1S/C14H20N2O4/c1-11-3-2-4-13(16(18)19)14(11)15-7-5-12(6-8-15)20-10-9-17/h2-4,12,17H,5-10H2,1H3. The molecule has 0 atom stereocenters. The van der Waals surface area contributed by atoms with E-state index in [4.69, 9.17) is 9.84 Å². The number of nitrogens with zero attached hydrogens (tertiary/aromatic N) is 2. The number of benzene rings is 1. The van der Waals surface area contributed by atoms with Gasteiger partial charge in [-0.25, -0.2) is 0 Å². The zero-order valence-electron chi connectivity index (χ0n) is 11.6. The van der Waals surface area contributed by atoms with Crippen molar-refractivity contribution in [3.05, 3.63) is 33.9 Å². The van der Waals surface area contributed by atoms with Gasteiger partial charge in [-0.2, -0.15) is 0 Å². The Labute approximate surface area is 118 Å². The van der Waals surface area contributed by atoms with Crippen molar-refractivity contribution in [2.24, 2.45) is 0 Å². The third-order valence-electron chi connectivity index (χ3n) is 3.62. The van der Waals surface area contributed by atoms with E-state index in [9.17, 15) is 10.1 Å². The predicted octanol–water partition coefficient (Wildman–Crippen LogP) is 1.88. The van der Waals surface area contributed by atoms with Crippen molar-refractivity contribution < 1.29 is 14.8 Å². The summed E-state index contributed by atoms with van der Waals surface area (Å²) in [6, 6.07) is 5.17. The SMILES string of the molecule is Cc1cccc([N+](=O)[O-])c1N1CCC(OCCO)CC1. The first-order valence-electron chi connectivity index (χ1n) is 6.85. The fourth-order valence-electron chi connectivity index (χ4n) is 2.67. The van der Waals surface area contributed by atoms with Crippen molar-refractivity contribution in [2.45, 2.75) is 25.9 Å². The molecule has 0 saturated carbocycles. The highest BCUT2D eigenvalue weighted by atomic mass is 16.6. The van der Waals surface area contributed by atoms with Crippen molar-refractivity contribution in [3.8, 4) is 0 Å². The van der Waals surface area contributed by atoms with Crippen LogP contribution < -0.4 is 4.90 Å². The number of nitro benzene ring substituents is 1. The number of aryl methyl sites for hydroxylation is 1. The van der Waals surface area contributed by atoms with Gasteiger partial charge < -0.3 is 14.7 Å². The van der Waals surface area contributed by atoms with Crippen molar-refractivity contribution in [2.75, 3.05) is 31.2 Å². The number of hydrogen-bond acceptors (Lipinski definition) is 5. The van der Waals surface area contributed by atoms with Gasteiger partial charge in [0.25, 0.3) is 5.69 Å². The van der Waals surface area contributed by atoms with Crippen LogP contribution in [0.5, 0.6) is 0 Å². The molecule has 0 unspecified atom stereocenters. The molecule has 6 nitrogen and oxygen atoms in total. The van der Waals surface area contributed by atoms with Gasteiger partial charge in [-0.05, 0) is 25.3 Å². The van der Waals surface area contributed by atoms with E-state index < -0.39 is 0 Å². The third-order valence-corrected chi connectivity index (χ3v) is 3.62. The second kappa shape index (κ2) is 6.67. The van der Waals surface area contributed by atoms with E-state index in [-0.39, 0.29) is 23.3 Å². The minimum absolute atomic E-state index is 0.0312. The number of hydrogen-bond donors (Lipinski definition) is 1. The molecule has 1 aliphatic rings. The summed E-state index contributed by atoms with van der Waals surface area (Å²) in [5.41, 5.74) is 1.81. The van der Waals surface area contributed by atoms with Crippen LogP contribution in [-0.4, -0.2) is 42.4 Å². The highest BCUT2D eigenvalue weighted by Gasteiger charge is 2.26. The Morgan fingerprint density at radius 2 is 2.15 bits per heavy atom. The lowest BCUT2D eigenvalue weighted by molar-refractivity contribution is -0.384. The minimum atomic E-state index is -0.323. The first-order valence-corrected chi connectivity index (χ1v) is 6.85. The quantitative estimate of drug-likeness (QED) is 0.658. The molecule has 110 valence electrons. The predicted molar refractivity (Wildman–Crippen MR) is 76.1 cm³/mol. The Hall–Kier alpha value is -1.66. The number of piperidine rings is 1. The van der Waals surface area contributed by atoms with Crippen LogP contribution in [0.1, 0.15) is 18.4 Å². The first kappa shape index (κ1) is 14.7. The first-order chi connectivity index (χ1) is 9.63. The van der Waals surface area contributed by atoms with Gasteiger partial charge >= 0.3 is 0 Å². The number of para-hydroxylation sites is 1. The van der Waals surface area contributed by atoms with Gasteiger partial charge in [0.2, 0.25) is 0 Å². The lowest BCUT2D eigenvalue weighted by Crippen LogP contribution is -2.38. The summed E-state index contributed by atoms with van der Waals surface area (Å²) in [4.78, 5) is 12.9. The molecule has 0 spiro atoms. The maximum atomic E-state index is 11.1. The van der Waals surface area contributed by atoms with Crippen LogP contribution in [0.15, 0.2) is 18.2 Å². The average molecular weight is 280 g/mol. The molecule has 20 heavy (non-hydrogen) atoms. The molecule has 1 aromatic carbocycles. The molecule has 1 fully saturated rings. The average Bonchev–Trinajstić information content (AvgIpc) is 2.45. The lowest BCUT2D eigenvalue weighted by Gasteiger charge is -2.33. The summed E-state index contributed by atoms with van der Waals surface area (Å²) >= 11 is 0. The maximum absolute atomic E-state index is 11.1. The van der Waals surface area contributed by atoms with E-state index in [1.807, 2.05) is 13.0 Å². The van der Waals surface area contributed by atoms with Crippen LogP contribution in [0, 0.1) is 17.0 Å². The smallest absolute Gasteiger partial charge is 0.292 e. The molecule has 0 radical (unpaired) electrons. The fraction of sp³-hybridized carbons (Fsp3) is 0.571. The Bertz CT molecular complexity index is 470. The van der Waals surface area contributed by atoms with E-state index >= 15 is 0 Å². The summed E-state index contributed by atoms with van der Waals surface area (Å²) in [6.07, 6.45) is 1.79. The molecule has 1 heterocycles. The lowest BCUT2D eigenvalue weighted by atomic mass is 10.0. The highest BCUT2D eigenvalue weighted by Crippen LogP contribution is 2.33. The van der Waals surface area contributed by atoms with Crippen LogP contribution >= 0.6 is 0 Å². The van der Waals surface area contributed by atoms with Gasteiger partial charge in [-0.15, -0.1) is 0 Å². The van der Waals surface area contributed by atoms with Crippen molar-refractivity contribution >= 4 is 11.4 Å². The number of nitro groups is 1. The highest BCUT2D eigenvalue weighted by molar-refractivity contribution is 5.67. The summed E-state index contributed by atoms with van der Waals surface area (Å²) in [6.45, 7) is 3.76. The Balaban J connectivity index is 2.09. The summed E-state index contributed by atoms with van der Waals surface area (Å²) in [5, 5.41) is 19.9. The molecule has 2 rings (SSSR count). The molecule has 1 N–H and O–H groups in total. The number of rotatable bonds is 5. The molecular weight excluding hydrogens is 260 g/mol. The Morgan fingerprint density at radius 3 is 2.75 bits per heavy atom. The van der Waals surface area contributed by atoms with E-state index in [2.05, 4.69) is 4.90 Å².